The van der Waals surface area contributed by atoms with Crippen LogP contribution in [0.3, 0.4) is 0 Å². The molecule has 0 unspecified atom stereocenters. The Morgan fingerprint density at radius 3 is 2.45 bits per heavy atom. The minimum atomic E-state index is 0. The Labute approximate surface area is 90.5 Å². The van der Waals surface area contributed by atoms with Crippen molar-refractivity contribution in [3.8, 4) is 0 Å². The molecular weight excluding hydrogens is 348 g/mol. The van der Waals surface area contributed by atoms with E-state index in [1.54, 1.807) is 0 Å². The van der Waals surface area contributed by atoms with E-state index in [1.165, 1.54) is 0 Å². The van der Waals surface area contributed by atoms with E-state index in [9.17, 15) is 0 Å². The second-order valence-electron chi connectivity index (χ2n) is 2.04. The van der Waals surface area contributed by atoms with Crippen LogP contribution in [-0.2, 0) is 22.4 Å². The van der Waals surface area contributed by atoms with Gasteiger partial charge in [-0.15, -0.1) is 0 Å². The van der Waals surface area contributed by atoms with Crippen LogP contribution in [0.5, 0.6) is 0 Å². The molecule has 5 heteroatoms. The number of nitrogens with zero attached hydrogens (tertiary/aromatic N) is 2. The van der Waals surface area contributed by atoms with Crippen LogP contribution < -0.4 is 12.4 Å². The van der Waals surface area contributed by atoms with Gasteiger partial charge in [0.1, 0.15) is 6.67 Å². The van der Waals surface area contributed by atoms with Crippen LogP contribution in [0.15, 0.2) is 12.4 Å². The predicted molar refractivity (Wildman–Crippen MR) is 37.1 cm³/mol. The molecule has 3 nitrogen and oxygen atoms in total. The summed E-state index contributed by atoms with van der Waals surface area (Å²) in [5.74, 6) is 0. The first-order valence-corrected chi connectivity index (χ1v) is 2.95. The van der Waals surface area contributed by atoms with Crippen molar-refractivity contribution >= 4 is 0 Å². The minimum absolute atomic E-state index is 0. The van der Waals surface area contributed by atoms with Crippen LogP contribution in [0.25, 0.3) is 0 Å². The van der Waals surface area contributed by atoms with Gasteiger partial charge in [0.2, 0.25) is 0 Å². The van der Waals surface area contributed by atoms with Crippen LogP contribution >= 0.6 is 0 Å². The molecule has 0 fully saturated rings. The topological polar surface area (TPSA) is 26.7 Å². The smallest absolute Gasteiger partial charge is 1.00 e. The van der Waals surface area contributed by atoms with Crippen molar-refractivity contribution in [2.75, 3.05) is 20.2 Å². The summed E-state index contributed by atoms with van der Waals surface area (Å²) < 4.78 is 0. The zero-order chi connectivity index (χ0) is 6.69. The van der Waals surface area contributed by atoms with Gasteiger partial charge in [0, 0.05) is 27.4 Å². The maximum atomic E-state index is 8.50. The van der Waals surface area contributed by atoms with Crippen LogP contribution in [0.2, 0.25) is 0 Å². The van der Waals surface area contributed by atoms with Gasteiger partial charge in [-0.2, -0.15) is 0 Å². The van der Waals surface area contributed by atoms with E-state index in [-0.39, 0.29) is 42.8 Å². The molecule has 11 heavy (non-hydrogen) atoms. The van der Waals surface area contributed by atoms with Crippen LogP contribution in [0, 0.1) is 6.67 Å². The van der Waals surface area contributed by atoms with E-state index >= 15 is 0 Å². The summed E-state index contributed by atoms with van der Waals surface area (Å²) >= 11 is 0. The van der Waals surface area contributed by atoms with Crippen LogP contribution in [-0.4, -0.2) is 35.1 Å². The Balaban J connectivity index is -0.000000270. The van der Waals surface area contributed by atoms with Gasteiger partial charge in [-0.05, 0) is 0 Å². The van der Waals surface area contributed by atoms with Crippen molar-refractivity contribution in [1.82, 2.24) is 9.80 Å². The summed E-state index contributed by atoms with van der Waals surface area (Å²) in [6, 6.07) is 0. The minimum Gasteiger partial charge on any atom is -1.00 e. The summed E-state index contributed by atoms with van der Waals surface area (Å²) in [7, 11) is 1.95. The van der Waals surface area contributed by atoms with E-state index < -0.39 is 0 Å². The fourth-order valence-electron chi connectivity index (χ4n) is 0.749. The van der Waals surface area contributed by atoms with E-state index in [0.29, 0.717) is 6.54 Å². The number of aliphatic hydroxyl groups excluding tert-OH is 1. The van der Waals surface area contributed by atoms with Crippen molar-refractivity contribution in [3.05, 3.63) is 19.1 Å². The van der Waals surface area contributed by atoms with Crippen molar-refractivity contribution in [2.24, 2.45) is 0 Å². The zero-order valence-electron chi connectivity index (χ0n) is 6.17. The SMILES string of the molecule is CN1[CH]N(CCO)C=C1.[Au+].[Cl-].[HH]. The van der Waals surface area contributed by atoms with E-state index in [0.717, 1.165) is 0 Å². The molecule has 1 heterocycles. The summed E-state index contributed by atoms with van der Waals surface area (Å²) in [4.78, 5) is 3.87. The number of hydrogen-bond donors (Lipinski definition) is 1. The Bertz CT molecular complexity index is 128. The number of β-amino-alcohol motifs (C(OH)–C–C–N with tert-alkyl or cyclic N) is 1. The second-order valence-corrected chi connectivity index (χ2v) is 2.04. The molecule has 0 aromatic rings. The summed E-state index contributed by atoms with van der Waals surface area (Å²) in [6.07, 6.45) is 3.87. The molecule has 0 spiro atoms. The summed E-state index contributed by atoms with van der Waals surface area (Å²) in [5, 5.41) is 8.50. The first-order chi connectivity index (χ1) is 4.33. The molecule has 1 rings (SSSR count). The van der Waals surface area contributed by atoms with E-state index in [1.807, 2.05) is 35.9 Å². The third kappa shape index (κ3) is 4.72. The molecule has 0 bridgehead atoms. The van der Waals surface area contributed by atoms with Gasteiger partial charge in [0.15, 0.2) is 0 Å². The van der Waals surface area contributed by atoms with Gasteiger partial charge >= 0.3 is 22.4 Å². The van der Waals surface area contributed by atoms with Gasteiger partial charge in [0.25, 0.3) is 0 Å². The molecule has 0 aliphatic carbocycles. The molecule has 1 radical (unpaired) electrons. The predicted octanol–water partition coefficient (Wildman–Crippen LogP) is -2.94. The monoisotopic (exact) mass is 361 g/mol. The van der Waals surface area contributed by atoms with Crippen molar-refractivity contribution in [1.29, 1.82) is 0 Å². The van der Waals surface area contributed by atoms with Gasteiger partial charge in [-0.25, -0.2) is 0 Å². The molecule has 1 aliphatic heterocycles. The molecule has 1 N–H and O–H groups in total. The average Bonchev–Trinajstić information content (AvgIpc) is 2.17. The van der Waals surface area contributed by atoms with Gasteiger partial charge < -0.3 is 27.3 Å². The second kappa shape index (κ2) is 7.01. The number of rotatable bonds is 2. The van der Waals surface area contributed by atoms with Crippen molar-refractivity contribution in [2.45, 2.75) is 0 Å². The van der Waals surface area contributed by atoms with E-state index in [4.69, 9.17) is 5.11 Å². The Morgan fingerprint density at radius 2 is 2.09 bits per heavy atom. The fourth-order valence-corrected chi connectivity index (χ4v) is 0.749. The quantitative estimate of drug-likeness (QED) is 0.534. The van der Waals surface area contributed by atoms with Crippen molar-refractivity contribution in [3.63, 3.8) is 0 Å². The van der Waals surface area contributed by atoms with Gasteiger partial charge in [-0.3, -0.25) is 0 Å². The molecule has 0 saturated carbocycles. The van der Waals surface area contributed by atoms with Gasteiger partial charge in [-0.1, -0.05) is 0 Å². The molecule has 0 aromatic carbocycles. The summed E-state index contributed by atoms with van der Waals surface area (Å²) in [6.45, 7) is 2.81. The maximum absolute atomic E-state index is 8.50. The molecule has 0 atom stereocenters. The van der Waals surface area contributed by atoms with Crippen molar-refractivity contribution < 1.29 is 41.3 Å². The molecule has 71 valence electrons. The molecule has 1 aliphatic rings. The average molecular weight is 362 g/mol. The molecule has 0 aromatic heterocycles. The fraction of sp³-hybridized carbons (Fsp3) is 0.500. The summed E-state index contributed by atoms with van der Waals surface area (Å²) in [5.41, 5.74) is 0. The first-order valence-electron chi connectivity index (χ1n) is 2.95. The Hall–Kier alpha value is 0.330. The third-order valence-electron chi connectivity index (χ3n) is 1.18. The molecule has 0 saturated heterocycles. The molecular formula is C6H13AuClN2O. The van der Waals surface area contributed by atoms with Crippen LogP contribution in [0.1, 0.15) is 1.43 Å². The van der Waals surface area contributed by atoms with Crippen LogP contribution in [0.4, 0.5) is 0 Å². The zero-order valence-corrected chi connectivity index (χ0v) is 9.09. The Kier molecular flexibility index (Phi) is 8.85. The largest absolute Gasteiger partial charge is 1.00 e. The Morgan fingerprint density at radius 1 is 1.45 bits per heavy atom. The molecule has 0 amide bonds. The first kappa shape index (κ1) is 13.9. The number of halogens is 1. The van der Waals surface area contributed by atoms with E-state index in [2.05, 4.69) is 0 Å². The number of hydrogen-bond acceptors (Lipinski definition) is 3. The standard InChI is InChI=1S/C6H11N2O.Au.ClH.H2/c1-7-2-3-8(6-7)4-5-9;;;/h2-3,6,9H,4-5H2,1H3;;2*1H/q;+1;;/p-1. The third-order valence-corrected chi connectivity index (χ3v) is 1.18. The normalized spacial score (nSPS) is 14.4. The van der Waals surface area contributed by atoms with Gasteiger partial charge in [0.05, 0.1) is 6.61 Å². The number of aliphatic hydroxyl groups is 1. The maximum Gasteiger partial charge on any atom is 1.00 e.